The standard InChI is InChI=1S/C11H11F2N5OS/c1-6-16-17-11(18(6)14)20-5-10(19)15-9-3-2-7(12)4-8(9)13/h2-4H,5,14H2,1H3,(H,15,19). The number of nitrogen functional groups attached to an aromatic ring is 1. The molecule has 1 aromatic carbocycles. The molecule has 0 aliphatic carbocycles. The minimum atomic E-state index is -0.832. The number of carbonyl (C=O) groups excluding carboxylic acids is 1. The third-order valence-corrected chi connectivity index (χ3v) is 3.32. The van der Waals surface area contributed by atoms with E-state index in [4.69, 9.17) is 5.84 Å². The molecule has 0 bridgehead atoms. The molecule has 20 heavy (non-hydrogen) atoms. The first-order chi connectivity index (χ1) is 9.47. The van der Waals surface area contributed by atoms with Crippen molar-refractivity contribution >= 4 is 23.4 Å². The number of benzene rings is 1. The Balaban J connectivity index is 1.94. The van der Waals surface area contributed by atoms with Gasteiger partial charge in [0.25, 0.3) is 0 Å². The van der Waals surface area contributed by atoms with E-state index < -0.39 is 17.5 Å². The van der Waals surface area contributed by atoms with Gasteiger partial charge in [0, 0.05) is 6.07 Å². The van der Waals surface area contributed by atoms with Gasteiger partial charge >= 0.3 is 0 Å². The number of nitrogens with one attached hydrogen (secondary N) is 1. The summed E-state index contributed by atoms with van der Waals surface area (Å²) in [7, 11) is 0. The highest BCUT2D eigenvalue weighted by Crippen LogP contribution is 2.17. The minimum absolute atomic E-state index is 0.0217. The Morgan fingerprint density at radius 2 is 2.20 bits per heavy atom. The maximum Gasteiger partial charge on any atom is 0.234 e. The van der Waals surface area contributed by atoms with Gasteiger partial charge in [-0.2, -0.15) is 0 Å². The number of anilines is 1. The molecule has 0 aliphatic heterocycles. The lowest BCUT2D eigenvalue weighted by Crippen LogP contribution is -2.17. The van der Waals surface area contributed by atoms with Crippen molar-refractivity contribution in [1.82, 2.24) is 14.9 Å². The molecule has 1 amide bonds. The van der Waals surface area contributed by atoms with Crippen LogP contribution >= 0.6 is 11.8 Å². The highest BCUT2D eigenvalue weighted by atomic mass is 32.2. The van der Waals surface area contributed by atoms with Crippen molar-refractivity contribution in [3.05, 3.63) is 35.7 Å². The molecule has 2 rings (SSSR count). The summed E-state index contributed by atoms with van der Waals surface area (Å²) in [6.45, 7) is 1.67. The summed E-state index contributed by atoms with van der Waals surface area (Å²) < 4.78 is 27.3. The molecule has 0 aliphatic rings. The first-order valence-electron chi connectivity index (χ1n) is 5.52. The molecule has 106 valence electrons. The molecular weight excluding hydrogens is 288 g/mol. The number of carbonyl (C=O) groups is 1. The van der Waals surface area contributed by atoms with Crippen LogP contribution in [-0.4, -0.2) is 26.5 Å². The largest absolute Gasteiger partial charge is 0.336 e. The van der Waals surface area contributed by atoms with E-state index in [9.17, 15) is 13.6 Å². The quantitative estimate of drug-likeness (QED) is 0.656. The van der Waals surface area contributed by atoms with E-state index in [2.05, 4.69) is 15.5 Å². The summed E-state index contributed by atoms with van der Waals surface area (Å²) in [5.74, 6) is 4.11. The predicted molar refractivity (Wildman–Crippen MR) is 70.6 cm³/mol. The minimum Gasteiger partial charge on any atom is -0.336 e. The van der Waals surface area contributed by atoms with Gasteiger partial charge in [0.15, 0.2) is 0 Å². The molecule has 0 saturated heterocycles. The van der Waals surface area contributed by atoms with Crippen LogP contribution < -0.4 is 11.2 Å². The van der Waals surface area contributed by atoms with Gasteiger partial charge in [-0.15, -0.1) is 10.2 Å². The Hall–Kier alpha value is -2.16. The number of rotatable bonds is 4. The molecular formula is C11H11F2N5OS. The van der Waals surface area contributed by atoms with E-state index in [0.29, 0.717) is 17.0 Å². The molecule has 3 N–H and O–H groups in total. The monoisotopic (exact) mass is 299 g/mol. The van der Waals surface area contributed by atoms with Crippen molar-refractivity contribution in [3.8, 4) is 0 Å². The zero-order chi connectivity index (χ0) is 14.7. The third-order valence-electron chi connectivity index (χ3n) is 2.37. The molecule has 6 nitrogen and oxygen atoms in total. The Morgan fingerprint density at radius 3 is 2.80 bits per heavy atom. The van der Waals surface area contributed by atoms with E-state index in [1.54, 1.807) is 6.92 Å². The van der Waals surface area contributed by atoms with Gasteiger partial charge in [0.2, 0.25) is 11.1 Å². The average Bonchev–Trinajstić information content (AvgIpc) is 2.71. The molecule has 1 aromatic heterocycles. The SMILES string of the molecule is Cc1nnc(SCC(=O)Nc2ccc(F)cc2F)n1N. The van der Waals surface area contributed by atoms with Gasteiger partial charge in [0.05, 0.1) is 11.4 Å². The molecule has 2 aromatic rings. The molecule has 0 spiro atoms. The number of amides is 1. The van der Waals surface area contributed by atoms with E-state index in [-0.39, 0.29) is 11.4 Å². The molecule has 1 heterocycles. The van der Waals surface area contributed by atoms with Crippen LogP contribution in [0.1, 0.15) is 5.82 Å². The summed E-state index contributed by atoms with van der Waals surface area (Å²) in [5.41, 5.74) is -0.0811. The van der Waals surface area contributed by atoms with Crippen molar-refractivity contribution in [2.24, 2.45) is 0 Å². The van der Waals surface area contributed by atoms with Gasteiger partial charge in [-0.05, 0) is 19.1 Å². The van der Waals surface area contributed by atoms with Crippen molar-refractivity contribution in [3.63, 3.8) is 0 Å². The predicted octanol–water partition coefficient (Wildman–Crippen LogP) is 1.31. The molecule has 0 atom stereocenters. The number of thioether (sulfide) groups is 1. The second-order valence-electron chi connectivity index (χ2n) is 3.86. The topological polar surface area (TPSA) is 85.8 Å². The molecule has 0 fully saturated rings. The summed E-state index contributed by atoms with van der Waals surface area (Å²) in [6, 6.07) is 2.91. The van der Waals surface area contributed by atoms with Gasteiger partial charge in [-0.1, -0.05) is 11.8 Å². The highest BCUT2D eigenvalue weighted by molar-refractivity contribution is 7.99. The number of aromatic nitrogens is 3. The van der Waals surface area contributed by atoms with Crippen LogP contribution in [0.5, 0.6) is 0 Å². The smallest absolute Gasteiger partial charge is 0.234 e. The van der Waals surface area contributed by atoms with Crippen LogP contribution in [-0.2, 0) is 4.79 Å². The van der Waals surface area contributed by atoms with Crippen molar-refractivity contribution in [2.45, 2.75) is 12.1 Å². The Kier molecular flexibility index (Phi) is 4.18. The van der Waals surface area contributed by atoms with Crippen LogP contribution in [0.15, 0.2) is 23.4 Å². The first kappa shape index (κ1) is 14.3. The number of nitrogens with two attached hydrogens (primary N) is 1. The van der Waals surface area contributed by atoms with E-state index in [1.807, 2.05) is 0 Å². The van der Waals surface area contributed by atoms with Gasteiger partial charge in [-0.3, -0.25) is 4.79 Å². The van der Waals surface area contributed by atoms with Crippen LogP contribution in [0.2, 0.25) is 0 Å². The molecule has 0 saturated carbocycles. The van der Waals surface area contributed by atoms with E-state index in [0.717, 1.165) is 23.9 Å². The van der Waals surface area contributed by atoms with Gasteiger partial charge in [-0.25, -0.2) is 13.5 Å². The lowest BCUT2D eigenvalue weighted by Gasteiger charge is -2.06. The zero-order valence-electron chi connectivity index (χ0n) is 10.4. The van der Waals surface area contributed by atoms with Gasteiger partial charge < -0.3 is 11.2 Å². The van der Waals surface area contributed by atoms with Crippen molar-refractivity contribution in [2.75, 3.05) is 16.9 Å². The van der Waals surface area contributed by atoms with Crippen LogP contribution in [0.4, 0.5) is 14.5 Å². The van der Waals surface area contributed by atoms with Crippen LogP contribution in [0.25, 0.3) is 0 Å². The molecule has 0 radical (unpaired) electrons. The second kappa shape index (κ2) is 5.87. The van der Waals surface area contributed by atoms with Crippen LogP contribution in [0, 0.1) is 18.6 Å². The fourth-order valence-corrected chi connectivity index (χ4v) is 2.06. The molecule has 0 unspecified atom stereocenters. The number of hydrogen-bond acceptors (Lipinski definition) is 5. The fraction of sp³-hybridized carbons (Fsp3) is 0.182. The summed E-state index contributed by atoms with van der Waals surface area (Å²) in [5, 5.41) is 10.2. The van der Waals surface area contributed by atoms with E-state index >= 15 is 0 Å². The Morgan fingerprint density at radius 1 is 1.45 bits per heavy atom. The number of halogens is 2. The van der Waals surface area contributed by atoms with Gasteiger partial charge in [0.1, 0.15) is 17.5 Å². The first-order valence-corrected chi connectivity index (χ1v) is 6.50. The lowest BCUT2D eigenvalue weighted by atomic mass is 10.3. The highest BCUT2D eigenvalue weighted by Gasteiger charge is 2.11. The average molecular weight is 299 g/mol. The zero-order valence-corrected chi connectivity index (χ0v) is 11.2. The maximum absolute atomic E-state index is 13.3. The lowest BCUT2D eigenvalue weighted by molar-refractivity contribution is -0.113. The Labute approximate surface area is 117 Å². The van der Waals surface area contributed by atoms with Crippen LogP contribution in [0.3, 0.4) is 0 Å². The maximum atomic E-state index is 13.3. The number of aryl methyl sites for hydroxylation is 1. The third kappa shape index (κ3) is 3.23. The van der Waals surface area contributed by atoms with E-state index in [1.165, 1.54) is 4.68 Å². The second-order valence-corrected chi connectivity index (χ2v) is 4.80. The summed E-state index contributed by atoms with van der Waals surface area (Å²) in [4.78, 5) is 11.7. The summed E-state index contributed by atoms with van der Waals surface area (Å²) in [6.07, 6.45) is 0. The van der Waals surface area contributed by atoms with Crippen molar-refractivity contribution in [1.29, 1.82) is 0 Å². The Bertz CT molecular complexity index is 646. The van der Waals surface area contributed by atoms with Crippen molar-refractivity contribution < 1.29 is 13.6 Å². The number of nitrogens with zero attached hydrogens (tertiary/aromatic N) is 3. The fourth-order valence-electron chi connectivity index (χ4n) is 1.36. The molecule has 9 heteroatoms. The normalized spacial score (nSPS) is 10.6. The number of hydrogen-bond donors (Lipinski definition) is 2. The summed E-state index contributed by atoms with van der Waals surface area (Å²) >= 11 is 1.06.